The Labute approximate surface area is 335 Å². The fourth-order valence-corrected chi connectivity index (χ4v) is 12.6. The fourth-order valence-electron chi connectivity index (χ4n) is 12.6. The molecule has 58 heavy (non-hydrogen) atoms. The summed E-state index contributed by atoms with van der Waals surface area (Å²) in [6, 6.07) is 12.4. The van der Waals surface area contributed by atoms with E-state index in [4.69, 9.17) is 30.9 Å². The monoisotopic (exact) mass is 782 g/mol. The second-order valence-corrected chi connectivity index (χ2v) is 16.9. The SMILES string of the molecule is Cc1c(-c2ccc(-c3cnc([C@@]45C(=C=O)CCC[C@]4(OC(N)=O)N4CCCC45)[nH]3)cc2)ccc(-c2cnc([C@@]34C(=C=O)CCC[C@]3(OC(N)=O)N3CCCC34)[nH]2)c1C. The highest BCUT2D eigenvalue weighted by Gasteiger charge is 2.80. The Morgan fingerprint density at radius 3 is 1.67 bits per heavy atom. The zero-order valence-electron chi connectivity index (χ0n) is 32.7. The highest BCUT2D eigenvalue weighted by molar-refractivity contribution is 5.78. The minimum absolute atomic E-state index is 0.0367. The molecule has 6 heterocycles. The van der Waals surface area contributed by atoms with Crippen molar-refractivity contribution in [1.82, 2.24) is 29.7 Å². The van der Waals surface area contributed by atoms with Crippen molar-refractivity contribution in [1.29, 1.82) is 0 Å². The molecule has 6 atom stereocenters. The number of carbonyl (C=O) groups excluding carboxylic acids is 4. The molecule has 4 aliphatic heterocycles. The van der Waals surface area contributed by atoms with Crippen LogP contribution in [0.25, 0.3) is 33.6 Å². The van der Waals surface area contributed by atoms with E-state index in [1.54, 1.807) is 12.4 Å². The van der Waals surface area contributed by atoms with Crippen LogP contribution in [0.1, 0.15) is 87.0 Å². The van der Waals surface area contributed by atoms with Crippen LogP contribution in [0.4, 0.5) is 9.59 Å². The van der Waals surface area contributed by atoms with Crippen molar-refractivity contribution in [3.63, 3.8) is 0 Å². The number of rotatable bonds is 7. The molecule has 2 amide bonds. The van der Waals surface area contributed by atoms with Crippen molar-refractivity contribution in [2.45, 2.75) is 112 Å². The molecule has 298 valence electrons. The van der Waals surface area contributed by atoms with E-state index in [1.807, 2.05) is 12.1 Å². The van der Waals surface area contributed by atoms with Crippen LogP contribution in [0, 0.1) is 13.8 Å². The van der Waals surface area contributed by atoms with Crippen LogP contribution in [-0.4, -0.2) is 90.4 Å². The molecule has 10 rings (SSSR count). The molecule has 6 N–H and O–H groups in total. The summed E-state index contributed by atoms with van der Waals surface area (Å²) in [4.78, 5) is 71.0. The first kappa shape index (κ1) is 36.6. The van der Waals surface area contributed by atoms with Gasteiger partial charge in [0.2, 0.25) is 0 Å². The lowest BCUT2D eigenvalue weighted by molar-refractivity contribution is -0.267. The Morgan fingerprint density at radius 1 is 0.690 bits per heavy atom. The van der Waals surface area contributed by atoms with E-state index in [0.717, 1.165) is 83.5 Å². The first-order valence-corrected chi connectivity index (χ1v) is 20.4. The van der Waals surface area contributed by atoms with E-state index >= 15 is 0 Å². The molecule has 2 aliphatic carbocycles. The van der Waals surface area contributed by atoms with Gasteiger partial charge in [-0.1, -0.05) is 36.4 Å². The highest BCUT2D eigenvalue weighted by Crippen LogP contribution is 2.67. The third kappa shape index (κ3) is 4.46. The second kappa shape index (κ2) is 12.9. The van der Waals surface area contributed by atoms with Crippen molar-refractivity contribution < 1.29 is 28.7 Å². The van der Waals surface area contributed by atoms with Crippen LogP contribution in [0.15, 0.2) is 59.9 Å². The summed E-state index contributed by atoms with van der Waals surface area (Å²) in [5, 5.41) is 0. The Balaban J connectivity index is 0.952. The molecule has 2 aromatic carbocycles. The van der Waals surface area contributed by atoms with Crippen LogP contribution < -0.4 is 11.5 Å². The summed E-state index contributed by atoms with van der Waals surface area (Å²) >= 11 is 0. The van der Waals surface area contributed by atoms with Gasteiger partial charge in [0.25, 0.3) is 0 Å². The van der Waals surface area contributed by atoms with E-state index in [1.165, 1.54) is 0 Å². The van der Waals surface area contributed by atoms with Gasteiger partial charge in [0, 0.05) is 54.7 Å². The van der Waals surface area contributed by atoms with Gasteiger partial charge in [0.15, 0.2) is 11.4 Å². The molecule has 0 bridgehead atoms. The number of ether oxygens (including phenoxy) is 2. The minimum Gasteiger partial charge on any atom is -0.426 e. The first-order chi connectivity index (χ1) is 28.1. The number of H-pyrrole nitrogens is 2. The minimum atomic E-state index is -1.07. The van der Waals surface area contributed by atoms with Crippen molar-refractivity contribution in [3.05, 3.63) is 82.7 Å². The van der Waals surface area contributed by atoms with E-state index in [9.17, 15) is 19.2 Å². The summed E-state index contributed by atoms with van der Waals surface area (Å²) < 4.78 is 11.9. The number of amides is 2. The number of nitrogens with zero attached hydrogens (tertiary/aromatic N) is 4. The number of nitrogens with two attached hydrogens (primary N) is 2. The number of nitrogens with one attached hydrogen (secondary N) is 2. The van der Waals surface area contributed by atoms with Crippen molar-refractivity contribution in [2.75, 3.05) is 13.1 Å². The highest BCUT2D eigenvalue weighted by atomic mass is 16.6. The Kier molecular flexibility index (Phi) is 8.11. The van der Waals surface area contributed by atoms with E-state index in [0.29, 0.717) is 61.3 Å². The van der Waals surface area contributed by atoms with Crippen molar-refractivity contribution in [3.8, 4) is 33.6 Å². The van der Waals surface area contributed by atoms with Crippen LogP contribution in [0.2, 0.25) is 0 Å². The molecule has 6 fully saturated rings. The average molecular weight is 783 g/mol. The molecule has 14 nitrogen and oxygen atoms in total. The van der Waals surface area contributed by atoms with Crippen LogP contribution in [-0.2, 0) is 29.9 Å². The van der Waals surface area contributed by atoms with Crippen molar-refractivity contribution >= 4 is 24.1 Å². The molecular formula is C44H46N8O6. The first-order valence-electron chi connectivity index (χ1n) is 20.4. The van der Waals surface area contributed by atoms with Gasteiger partial charge in [0.05, 0.1) is 23.8 Å². The molecule has 0 radical (unpaired) electrons. The number of carbonyl (C=O) groups is 2. The quantitative estimate of drug-likeness (QED) is 0.170. The van der Waals surface area contributed by atoms with Gasteiger partial charge in [-0.2, -0.15) is 0 Å². The van der Waals surface area contributed by atoms with E-state index < -0.39 is 34.5 Å². The third-order valence-electron chi connectivity index (χ3n) is 14.8. The Morgan fingerprint density at radius 2 is 1.16 bits per heavy atom. The lowest BCUT2D eigenvalue weighted by atomic mass is 9.52. The fraction of sp³-hybridized carbons (Fsp3) is 0.455. The van der Waals surface area contributed by atoms with Gasteiger partial charge in [-0.15, -0.1) is 0 Å². The molecule has 2 unspecified atom stereocenters. The normalized spacial score (nSPS) is 31.1. The summed E-state index contributed by atoms with van der Waals surface area (Å²) in [7, 11) is 0. The second-order valence-electron chi connectivity index (χ2n) is 16.9. The molecule has 2 saturated carbocycles. The molecule has 14 heteroatoms. The molecule has 4 aromatic rings. The number of fused-ring (bicyclic) bond motifs is 8. The maximum Gasteiger partial charge on any atom is 0.406 e. The predicted molar refractivity (Wildman–Crippen MR) is 212 cm³/mol. The van der Waals surface area contributed by atoms with Gasteiger partial charge in [-0.25, -0.2) is 29.1 Å². The maximum absolute atomic E-state index is 12.6. The maximum atomic E-state index is 12.6. The summed E-state index contributed by atoms with van der Waals surface area (Å²) in [6.07, 6.45) is 9.04. The molecular weight excluding hydrogens is 737 g/mol. The number of aromatic nitrogens is 4. The Bertz CT molecular complexity index is 2500. The summed E-state index contributed by atoms with van der Waals surface area (Å²) in [5.74, 6) is 5.68. The predicted octanol–water partition coefficient (Wildman–Crippen LogP) is 5.65. The zero-order valence-corrected chi connectivity index (χ0v) is 32.7. The lowest BCUT2D eigenvalue weighted by Crippen LogP contribution is -2.83. The molecule has 2 aromatic heterocycles. The largest absolute Gasteiger partial charge is 0.426 e. The number of imidazole rings is 2. The van der Waals surface area contributed by atoms with Gasteiger partial charge in [-0.05, 0) is 93.0 Å². The molecule has 4 saturated heterocycles. The summed E-state index contributed by atoms with van der Waals surface area (Å²) in [6.45, 7) is 5.72. The standard InChI is InChI=1S/C44H46N8O6/c1-25-26(2)32(34-22-48-38(50-34)44-30(24-54)8-4-18-42(44,58-40(46)56)52-20-6-10-36(44)52)16-15-31(25)27-11-13-28(14-12-27)33-21-47-37(49-33)43-29(23-53)7-3-17-41(43,57-39(45)55)51-19-5-9-35(43)51/h11-16,21-22,35-36H,3-10,17-20H2,1-2H3,(H2,45,55)(H2,46,56)(H,47,49)(H,48,50)/t35?,36?,41-,42-,43+,44+/m1/s1. The van der Waals surface area contributed by atoms with Gasteiger partial charge >= 0.3 is 12.2 Å². The van der Waals surface area contributed by atoms with E-state index in [-0.39, 0.29) is 12.1 Å². The van der Waals surface area contributed by atoms with Crippen LogP contribution in [0.3, 0.4) is 0 Å². The number of primary amides is 2. The van der Waals surface area contributed by atoms with Gasteiger partial charge < -0.3 is 30.9 Å². The van der Waals surface area contributed by atoms with Crippen LogP contribution >= 0.6 is 0 Å². The van der Waals surface area contributed by atoms with E-state index in [2.05, 4.69) is 69.8 Å². The smallest absolute Gasteiger partial charge is 0.406 e. The molecule has 0 spiro atoms. The zero-order chi connectivity index (χ0) is 40.2. The number of benzene rings is 2. The third-order valence-corrected chi connectivity index (χ3v) is 14.8. The number of hydrogen-bond donors (Lipinski definition) is 4. The van der Waals surface area contributed by atoms with Crippen molar-refractivity contribution in [2.24, 2.45) is 11.5 Å². The Hall–Kier alpha value is -5.78. The van der Waals surface area contributed by atoms with Gasteiger partial charge in [0.1, 0.15) is 34.4 Å². The number of hydrogen-bond acceptors (Lipinski definition) is 10. The number of aromatic amines is 2. The average Bonchev–Trinajstić information content (AvgIpc) is 4.05. The summed E-state index contributed by atoms with van der Waals surface area (Å²) in [5.41, 5.74) is 16.3. The van der Waals surface area contributed by atoms with Crippen LogP contribution in [0.5, 0.6) is 0 Å². The van der Waals surface area contributed by atoms with Gasteiger partial charge in [-0.3, -0.25) is 9.80 Å². The topological polar surface area (TPSA) is 203 Å². The molecule has 6 aliphatic rings. The lowest BCUT2D eigenvalue weighted by Gasteiger charge is -2.68.